The molecule has 1 rings (SSSR count). The zero-order valence-corrected chi connectivity index (χ0v) is 16.4. The zero-order chi connectivity index (χ0) is 19.1. The molecule has 25 heavy (non-hydrogen) atoms. The Balaban J connectivity index is 2.78. The molecule has 0 bridgehead atoms. The molecular weight excluding hydrogens is 321 g/mol. The van der Waals surface area contributed by atoms with Gasteiger partial charge in [-0.05, 0) is 47.1 Å². The number of rotatable bonds is 10. The minimum absolute atomic E-state index is 0.0232. The molecule has 0 radical (unpaired) electrons. The number of carbonyl (C=O) groups is 1. The Bertz CT molecular complexity index is 560. The van der Waals surface area contributed by atoms with Gasteiger partial charge in [0, 0.05) is 31.9 Å². The number of ketones is 1. The molecule has 0 N–H and O–H groups in total. The fourth-order valence-corrected chi connectivity index (χ4v) is 2.59. The highest BCUT2D eigenvalue weighted by Crippen LogP contribution is 2.26. The predicted molar refractivity (Wildman–Crippen MR) is 97.4 cm³/mol. The van der Waals surface area contributed by atoms with Crippen LogP contribution < -0.4 is 4.74 Å². The van der Waals surface area contributed by atoms with Crippen molar-refractivity contribution >= 4 is 5.78 Å². The molecule has 1 atom stereocenters. The van der Waals surface area contributed by atoms with Crippen molar-refractivity contribution in [3.05, 3.63) is 18.1 Å². The van der Waals surface area contributed by atoms with Gasteiger partial charge in [-0.3, -0.25) is 14.7 Å². The van der Waals surface area contributed by atoms with Gasteiger partial charge < -0.3 is 4.74 Å². The number of halogens is 1. The van der Waals surface area contributed by atoms with Gasteiger partial charge >= 0.3 is 0 Å². The molecule has 0 aliphatic heterocycles. The molecule has 0 amide bonds. The van der Waals surface area contributed by atoms with Crippen LogP contribution in [0.3, 0.4) is 0 Å². The molecule has 0 saturated carbocycles. The van der Waals surface area contributed by atoms with E-state index < -0.39 is 5.67 Å². The number of alkyl halides is 1. The Morgan fingerprint density at radius 3 is 2.40 bits per heavy atom. The van der Waals surface area contributed by atoms with Crippen molar-refractivity contribution in [3.8, 4) is 5.88 Å². The van der Waals surface area contributed by atoms with E-state index in [1.165, 1.54) is 6.92 Å². The Morgan fingerprint density at radius 1 is 1.24 bits per heavy atom. The fourth-order valence-electron chi connectivity index (χ4n) is 2.59. The Morgan fingerprint density at radius 2 is 1.88 bits per heavy atom. The average molecular weight is 353 g/mol. The smallest absolute Gasteiger partial charge is 0.237 e. The second-order valence-corrected chi connectivity index (χ2v) is 7.52. The predicted octanol–water partition coefficient (Wildman–Crippen LogP) is 3.96. The van der Waals surface area contributed by atoms with E-state index in [1.807, 2.05) is 27.7 Å². The zero-order valence-electron chi connectivity index (χ0n) is 16.4. The van der Waals surface area contributed by atoms with Crippen LogP contribution in [-0.2, 0) is 11.3 Å². The van der Waals surface area contributed by atoms with Crippen molar-refractivity contribution in [3.63, 3.8) is 0 Å². The molecule has 6 heteroatoms. The number of aromatic nitrogens is 2. The SMILES string of the molecule is CCN(CCC(F)(CC)CC(C)=O)Cc1nccnc1OC(C)(C)C. The molecule has 0 aliphatic rings. The molecule has 1 aromatic heterocycles. The Hall–Kier alpha value is -1.56. The number of Topliss-reactive ketones (excluding diaryl/α,β-unsaturated/α-hetero) is 1. The van der Waals surface area contributed by atoms with E-state index in [1.54, 1.807) is 19.3 Å². The van der Waals surface area contributed by atoms with Crippen molar-refractivity contribution in [2.24, 2.45) is 0 Å². The molecule has 142 valence electrons. The summed E-state index contributed by atoms with van der Waals surface area (Å²) in [6, 6.07) is 0. The quantitative estimate of drug-likeness (QED) is 0.637. The lowest BCUT2D eigenvalue weighted by molar-refractivity contribution is -0.120. The topological polar surface area (TPSA) is 55.3 Å². The van der Waals surface area contributed by atoms with Crippen LogP contribution in [0.5, 0.6) is 5.88 Å². The lowest BCUT2D eigenvalue weighted by Crippen LogP contribution is -2.33. The van der Waals surface area contributed by atoms with Gasteiger partial charge in [-0.2, -0.15) is 0 Å². The average Bonchev–Trinajstić information content (AvgIpc) is 2.51. The summed E-state index contributed by atoms with van der Waals surface area (Å²) in [6.07, 6.45) is 3.89. The van der Waals surface area contributed by atoms with Gasteiger partial charge in [-0.1, -0.05) is 13.8 Å². The van der Waals surface area contributed by atoms with Crippen molar-refractivity contribution < 1.29 is 13.9 Å². The third-order valence-electron chi connectivity index (χ3n) is 4.03. The van der Waals surface area contributed by atoms with Gasteiger partial charge in [-0.15, -0.1) is 0 Å². The summed E-state index contributed by atoms with van der Waals surface area (Å²) in [4.78, 5) is 22.1. The number of ether oxygens (including phenoxy) is 1. The van der Waals surface area contributed by atoms with Crippen LogP contribution in [0.25, 0.3) is 0 Å². The molecule has 0 spiro atoms. The maximum Gasteiger partial charge on any atom is 0.237 e. The first-order chi connectivity index (χ1) is 11.6. The molecule has 0 aliphatic carbocycles. The van der Waals surface area contributed by atoms with Gasteiger partial charge in [0.1, 0.15) is 22.7 Å². The van der Waals surface area contributed by atoms with Crippen LogP contribution in [-0.4, -0.2) is 45.0 Å². The first-order valence-electron chi connectivity index (χ1n) is 8.98. The number of nitrogens with zero attached hydrogens (tertiary/aromatic N) is 3. The van der Waals surface area contributed by atoms with Crippen molar-refractivity contribution in [1.82, 2.24) is 14.9 Å². The summed E-state index contributed by atoms with van der Waals surface area (Å²) >= 11 is 0. The number of hydrogen-bond donors (Lipinski definition) is 0. The highest BCUT2D eigenvalue weighted by Gasteiger charge is 2.29. The summed E-state index contributed by atoms with van der Waals surface area (Å²) in [7, 11) is 0. The van der Waals surface area contributed by atoms with Gasteiger partial charge in [0.15, 0.2) is 0 Å². The van der Waals surface area contributed by atoms with Gasteiger partial charge in [0.25, 0.3) is 0 Å². The monoisotopic (exact) mass is 353 g/mol. The molecule has 5 nitrogen and oxygen atoms in total. The van der Waals surface area contributed by atoms with Crippen molar-refractivity contribution in [1.29, 1.82) is 0 Å². The lowest BCUT2D eigenvalue weighted by Gasteiger charge is -2.28. The number of hydrogen-bond acceptors (Lipinski definition) is 5. The van der Waals surface area contributed by atoms with E-state index in [0.29, 0.717) is 31.8 Å². The van der Waals surface area contributed by atoms with E-state index in [-0.39, 0.29) is 17.8 Å². The molecule has 0 aromatic carbocycles. The lowest BCUT2D eigenvalue weighted by atomic mass is 9.92. The maximum atomic E-state index is 14.8. The molecular formula is C19H32FN3O2. The summed E-state index contributed by atoms with van der Waals surface area (Å²) in [5.41, 5.74) is -1.06. The minimum atomic E-state index is -1.44. The van der Waals surface area contributed by atoms with Crippen LogP contribution in [0.4, 0.5) is 4.39 Å². The number of carbonyl (C=O) groups excluding carboxylic acids is 1. The van der Waals surface area contributed by atoms with E-state index in [2.05, 4.69) is 14.9 Å². The van der Waals surface area contributed by atoms with Crippen LogP contribution >= 0.6 is 0 Å². The molecule has 1 heterocycles. The van der Waals surface area contributed by atoms with Crippen LogP contribution in [0.1, 0.15) is 66.5 Å². The summed E-state index contributed by atoms with van der Waals surface area (Å²) in [6.45, 7) is 13.0. The van der Waals surface area contributed by atoms with E-state index in [0.717, 1.165) is 12.2 Å². The molecule has 1 unspecified atom stereocenters. The second kappa shape index (κ2) is 9.22. The van der Waals surface area contributed by atoms with E-state index >= 15 is 0 Å². The molecule has 0 fully saturated rings. The van der Waals surface area contributed by atoms with Gasteiger partial charge in [-0.25, -0.2) is 9.37 Å². The van der Waals surface area contributed by atoms with Gasteiger partial charge in [0.05, 0.1) is 0 Å². The van der Waals surface area contributed by atoms with Crippen LogP contribution in [0, 0.1) is 0 Å². The Kier molecular flexibility index (Phi) is 7.93. The van der Waals surface area contributed by atoms with E-state index in [9.17, 15) is 9.18 Å². The summed E-state index contributed by atoms with van der Waals surface area (Å²) in [5, 5.41) is 0. The first kappa shape index (κ1) is 21.5. The van der Waals surface area contributed by atoms with Crippen molar-refractivity contribution in [2.75, 3.05) is 13.1 Å². The second-order valence-electron chi connectivity index (χ2n) is 7.52. The molecule has 1 aromatic rings. The normalized spacial score (nSPS) is 14.4. The van der Waals surface area contributed by atoms with Crippen molar-refractivity contribution in [2.45, 2.75) is 78.6 Å². The fraction of sp³-hybridized carbons (Fsp3) is 0.737. The van der Waals surface area contributed by atoms with Crippen LogP contribution in [0.15, 0.2) is 12.4 Å². The Labute approximate surface area is 151 Å². The van der Waals surface area contributed by atoms with Crippen LogP contribution in [0.2, 0.25) is 0 Å². The standard InChI is InChI=1S/C19H32FN3O2/c1-7-19(20,13-15(3)24)9-12-23(8-2)14-16-17(22-11-10-21-16)25-18(4,5)6/h10-11H,7-9,12-14H2,1-6H3. The summed E-state index contributed by atoms with van der Waals surface area (Å²) in [5.74, 6) is 0.404. The highest BCUT2D eigenvalue weighted by atomic mass is 19.1. The third-order valence-corrected chi connectivity index (χ3v) is 4.03. The van der Waals surface area contributed by atoms with Gasteiger partial charge in [0.2, 0.25) is 5.88 Å². The molecule has 0 saturated heterocycles. The largest absolute Gasteiger partial charge is 0.471 e. The highest BCUT2D eigenvalue weighted by molar-refractivity contribution is 5.76. The minimum Gasteiger partial charge on any atom is -0.471 e. The third kappa shape index (κ3) is 7.90. The maximum absolute atomic E-state index is 14.8. The van der Waals surface area contributed by atoms with E-state index in [4.69, 9.17) is 4.74 Å². The first-order valence-corrected chi connectivity index (χ1v) is 8.98. The summed E-state index contributed by atoms with van der Waals surface area (Å²) < 4.78 is 20.7.